The van der Waals surface area contributed by atoms with Gasteiger partial charge in [0.1, 0.15) is 17.3 Å². The summed E-state index contributed by atoms with van der Waals surface area (Å²) in [5.74, 6) is 0.137. The summed E-state index contributed by atoms with van der Waals surface area (Å²) in [6, 6.07) is 5.67. The van der Waals surface area contributed by atoms with Crippen LogP contribution in [-0.4, -0.2) is 36.3 Å². The quantitative estimate of drug-likeness (QED) is 0.374. The summed E-state index contributed by atoms with van der Waals surface area (Å²) in [6.07, 6.45) is 2.03. The minimum atomic E-state index is -3.53. The SMILES string of the molecule is CS(=O)(=O)c1ccc(NCCCc2[nH]nc(N)c2C#N)c([N+](=O)[O-])c1. The summed E-state index contributed by atoms with van der Waals surface area (Å²) in [6.45, 7) is 0.378. The standard InChI is InChI=1S/C14H16N6O4S/c1-25(23,24)9-4-5-12(13(7-9)20(21)22)17-6-2-3-11-10(8-15)14(16)19-18-11/h4-5,7,17H,2-3,6H2,1H3,(H3,16,18,19). The van der Waals surface area contributed by atoms with Crippen LogP contribution in [0.4, 0.5) is 17.2 Å². The number of aromatic amines is 1. The van der Waals surface area contributed by atoms with E-state index in [0.717, 1.165) is 12.3 Å². The molecule has 132 valence electrons. The zero-order valence-electron chi connectivity index (χ0n) is 13.3. The molecule has 2 aromatic rings. The number of anilines is 2. The van der Waals surface area contributed by atoms with Gasteiger partial charge < -0.3 is 11.1 Å². The number of benzene rings is 1. The highest BCUT2D eigenvalue weighted by Gasteiger charge is 2.18. The molecule has 0 fully saturated rings. The Bertz CT molecular complexity index is 945. The number of sulfone groups is 1. The monoisotopic (exact) mass is 364 g/mol. The molecule has 0 aliphatic carbocycles. The Kier molecular flexibility index (Phi) is 5.23. The second kappa shape index (κ2) is 7.18. The summed E-state index contributed by atoms with van der Waals surface area (Å²) >= 11 is 0. The van der Waals surface area contributed by atoms with Crippen molar-refractivity contribution in [1.82, 2.24) is 10.2 Å². The lowest BCUT2D eigenvalue weighted by molar-refractivity contribution is -0.384. The molecule has 0 atom stereocenters. The highest BCUT2D eigenvalue weighted by Crippen LogP contribution is 2.27. The first-order valence-electron chi connectivity index (χ1n) is 7.19. The first kappa shape index (κ1) is 18.2. The first-order valence-corrected chi connectivity index (χ1v) is 9.08. The summed E-state index contributed by atoms with van der Waals surface area (Å²) < 4.78 is 23.0. The minimum absolute atomic E-state index is 0.114. The van der Waals surface area contributed by atoms with Gasteiger partial charge >= 0.3 is 0 Å². The van der Waals surface area contributed by atoms with Gasteiger partial charge in [-0.2, -0.15) is 10.4 Å². The fourth-order valence-corrected chi connectivity index (χ4v) is 2.87. The van der Waals surface area contributed by atoms with Gasteiger partial charge in [-0.1, -0.05) is 0 Å². The summed E-state index contributed by atoms with van der Waals surface area (Å²) in [5.41, 5.74) is 6.35. The van der Waals surface area contributed by atoms with Crippen LogP contribution in [0.2, 0.25) is 0 Å². The van der Waals surface area contributed by atoms with Crippen molar-refractivity contribution in [3.8, 4) is 6.07 Å². The zero-order chi connectivity index (χ0) is 18.6. The van der Waals surface area contributed by atoms with Gasteiger partial charge in [-0.25, -0.2) is 8.42 Å². The number of nitrogens with zero attached hydrogens (tertiary/aromatic N) is 3. The molecular weight excluding hydrogens is 348 g/mol. The molecule has 0 saturated heterocycles. The molecule has 1 heterocycles. The molecule has 2 rings (SSSR count). The van der Waals surface area contributed by atoms with Crippen molar-refractivity contribution in [3.05, 3.63) is 39.6 Å². The molecule has 0 saturated carbocycles. The van der Waals surface area contributed by atoms with Gasteiger partial charge in [0.15, 0.2) is 15.7 Å². The molecule has 0 bridgehead atoms. The molecule has 25 heavy (non-hydrogen) atoms. The molecule has 0 amide bonds. The zero-order valence-corrected chi connectivity index (χ0v) is 14.1. The van der Waals surface area contributed by atoms with Crippen molar-refractivity contribution in [1.29, 1.82) is 5.26 Å². The minimum Gasteiger partial charge on any atom is -0.381 e. The van der Waals surface area contributed by atoms with Crippen molar-refractivity contribution >= 4 is 27.0 Å². The summed E-state index contributed by atoms with van der Waals surface area (Å²) in [7, 11) is -3.53. The highest BCUT2D eigenvalue weighted by molar-refractivity contribution is 7.90. The Hall–Kier alpha value is -3.13. The average Bonchev–Trinajstić information content (AvgIpc) is 2.90. The number of H-pyrrole nitrogens is 1. The van der Waals surface area contributed by atoms with Gasteiger partial charge in [0.2, 0.25) is 0 Å². The lowest BCUT2D eigenvalue weighted by Gasteiger charge is -2.08. The third kappa shape index (κ3) is 4.24. The van der Waals surface area contributed by atoms with Crippen LogP contribution in [0.1, 0.15) is 17.7 Å². The van der Waals surface area contributed by atoms with Gasteiger partial charge in [0, 0.05) is 18.9 Å². The topological polar surface area (TPSA) is 168 Å². The largest absolute Gasteiger partial charge is 0.381 e. The third-order valence-electron chi connectivity index (χ3n) is 3.49. The van der Waals surface area contributed by atoms with Crippen molar-refractivity contribution < 1.29 is 13.3 Å². The summed E-state index contributed by atoms with van der Waals surface area (Å²) in [5, 5.41) is 29.5. The van der Waals surface area contributed by atoms with Gasteiger partial charge in [0.05, 0.1) is 15.5 Å². The number of nitrogens with one attached hydrogen (secondary N) is 2. The Morgan fingerprint density at radius 2 is 2.20 bits per heavy atom. The molecule has 1 aromatic carbocycles. The van der Waals surface area contributed by atoms with Gasteiger partial charge in [-0.3, -0.25) is 15.2 Å². The van der Waals surface area contributed by atoms with Gasteiger partial charge in [0.25, 0.3) is 5.69 Å². The van der Waals surface area contributed by atoms with E-state index in [1.165, 1.54) is 12.1 Å². The summed E-state index contributed by atoms with van der Waals surface area (Å²) in [4.78, 5) is 10.4. The Morgan fingerprint density at radius 3 is 2.80 bits per heavy atom. The normalized spacial score (nSPS) is 11.0. The smallest absolute Gasteiger partial charge is 0.293 e. The van der Waals surface area contributed by atoms with E-state index in [1.807, 2.05) is 6.07 Å². The number of hydrogen-bond donors (Lipinski definition) is 3. The molecule has 1 aromatic heterocycles. The van der Waals surface area contributed by atoms with E-state index in [2.05, 4.69) is 15.5 Å². The number of rotatable bonds is 7. The lowest BCUT2D eigenvalue weighted by Crippen LogP contribution is -2.07. The van der Waals surface area contributed by atoms with E-state index in [0.29, 0.717) is 30.6 Å². The van der Waals surface area contributed by atoms with Crippen LogP contribution in [0, 0.1) is 21.4 Å². The van der Waals surface area contributed by atoms with Crippen molar-refractivity contribution in [2.24, 2.45) is 0 Å². The molecule has 0 aliphatic rings. The molecule has 4 N–H and O–H groups in total. The van der Waals surface area contributed by atoms with Crippen LogP contribution in [-0.2, 0) is 16.3 Å². The van der Waals surface area contributed by atoms with E-state index in [9.17, 15) is 18.5 Å². The number of nitriles is 1. The fraction of sp³-hybridized carbons (Fsp3) is 0.286. The number of nitro benzene ring substituents is 1. The molecule has 0 aliphatic heterocycles. The predicted molar refractivity (Wildman–Crippen MR) is 90.7 cm³/mol. The van der Waals surface area contributed by atoms with E-state index in [1.54, 1.807) is 0 Å². The second-order valence-electron chi connectivity index (χ2n) is 5.31. The van der Waals surface area contributed by atoms with E-state index < -0.39 is 14.8 Å². The maximum Gasteiger partial charge on any atom is 0.293 e. The van der Waals surface area contributed by atoms with Crippen LogP contribution in [0.5, 0.6) is 0 Å². The number of hydrogen-bond acceptors (Lipinski definition) is 8. The average molecular weight is 364 g/mol. The van der Waals surface area contributed by atoms with Gasteiger partial charge in [-0.15, -0.1) is 0 Å². The van der Waals surface area contributed by atoms with E-state index in [-0.39, 0.29) is 22.1 Å². The maximum absolute atomic E-state index is 11.5. The fourth-order valence-electron chi connectivity index (χ4n) is 2.23. The number of nitrogen functional groups attached to an aromatic ring is 1. The van der Waals surface area contributed by atoms with Crippen molar-refractivity contribution in [2.75, 3.05) is 23.9 Å². The number of nitrogens with two attached hydrogens (primary N) is 1. The number of nitro groups is 1. The van der Waals surface area contributed by atoms with Crippen LogP contribution in [0.3, 0.4) is 0 Å². The lowest BCUT2D eigenvalue weighted by atomic mass is 10.1. The van der Waals surface area contributed by atoms with Gasteiger partial charge in [-0.05, 0) is 25.0 Å². The van der Waals surface area contributed by atoms with Crippen molar-refractivity contribution in [2.45, 2.75) is 17.7 Å². The second-order valence-corrected chi connectivity index (χ2v) is 7.33. The van der Waals surface area contributed by atoms with Crippen LogP contribution in [0.25, 0.3) is 0 Å². The number of aromatic nitrogens is 2. The highest BCUT2D eigenvalue weighted by atomic mass is 32.2. The molecule has 0 spiro atoms. The molecule has 0 radical (unpaired) electrons. The predicted octanol–water partition coefficient (Wildman–Crippen LogP) is 1.22. The maximum atomic E-state index is 11.5. The van der Waals surface area contributed by atoms with E-state index in [4.69, 9.17) is 11.0 Å². The molecule has 0 unspecified atom stereocenters. The van der Waals surface area contributed by atoms with Crippen LogP contribution >= 0.6 is 0 Å². The van der Waals surface area contributed by atoms with Crippen molar-refractivity contribution in [3.63, 3.8) is 0 Å². The van der Waals surface area contributed by atoms with Crippen LogP contribution < -0.4 is 11.1 Å². The number of aryl methyl sites for hydroxylation is 1. The first-order chi connectivity index (χ1) is 11.7. The van der Waals surface area contributed by atoms with Crippen LogP contribution in [0.15, 0.2) is 23.1 Å². The Labute approximate surface area is 143 Å². The molecule has 10 nitrogen and oxygen atoms in total. The molecule has 11 heteroatoms. The third-order valence-corrected chi connectivity index (χ3v) is 4.60. The van der Waals surface area contributed by atoms with E-state index >= 15 is 0 Å². The molecular formula is C14H16N6O4S. The Morgan fingerprint density at radius 1 is 1.48 bits per heavy atom. The Balaban J connectivity index is 2.05.